The highest BCUT2D eigenvalue weighted by Gasteiger charge is 2.03. The fourth-order valence-corrected chi connectivity index (χ4v) is 4.89. The molecule has 0 radical (unpaired) electrons. The van der Waals surface area contributed by atoms with E-state index in [0.29, 0.717) is 17.8 Å². The Morgan fingerprint density at radius 3 is 1.21 bits per heavy atom. The van der Waals surface area contributed by atoms with Crippen molar-refractivity contribution in [1.29, 1.82) is 0 Å². The largest absolute Gasteiger partial charge is 0.0616 e. The molecule has 6 aromatic rings. The van der Waals surface area contributed by atoms with Crippen LogP contribution >= 0.6 is 0 Å². The molecule has 6 rings (SSSR count). The van der Waals surface area contributed by atoms with Crippen LogP contribution in [0, 0.1) is 0 Å². The lowest BCUT2D eigenvalue weighted by Crippen LogP contribution is -1.88. The van der Waals surface area contributed by atoms with Gasteiger partial charge >= 0.3 is 0 Å². The molecule has 0 fully saturated rings. The van der Waals surface area contributed by atoms with E-state index >= 15 is 0 Å². The highest BCUT2D eigenvalue weighted by atomic mass is 14.1. The molecule has 0 saturated carbocycles. The average Bonchev–Trinajstić information content (AvgIpc) is 2.97. The van der Waals surface area contributed by atoms with E-state index in [1.165, 1.54) is 49.0 Å². The first-order chi connectivity index (χ1) is 18.8. The summed E-state index contributed by atoms with van der Waals surface area (Å²) >= 11 is 0. The number of benzene rings is 6. The van der Waals surface area contributed by atoms with Crippen LogP contribution in [-0.4, -0.2) is 0 Å². The van der Waals surface area contributed by atoms with Crippen molar-refractivity contribution in [2.24, 2.45) is 0 Å². The third-order valence-electron chi connectivity index (χ3n) is 7.33. The van der Waals surface area contributed by atoms with Crippen LogP contribution in [0.25, 0.3) is 32.3 Å². The molecule has 39 heavy (non-hydrogen) atoms. The lowest BCUT2D eigenvalue weighted by atomic mass is 9.96. The Kier molecular flexibility index (Phi) is 9.55. The number of fused-ring (bicyclic) bond motifs is 3. The molecule has 0 amide bonds. The van der Waals surface area contributed by atoms with Crippen LogP contribution in [0.5, 0.6) is 0 Å². The smallest absolute Gasteiger partial charge is 0.0149 e. The van der Waals surface area contributed by atoms with Crippen molar-refractivity contribution < 1.29 is 0 Å². The van der Waals surface area contributed by atoms with Gasteiger partial charge in [-0.2, -0.15) is 0 Å². The summed E-state index contributed by atoms with van der Waals surface area (Å²) in [5.41, 5.74) is 4.27. The van der Waals surface area contributed by atoms with Crippen molar-refractivity contribution in [2.45, 2.75) is 59.3 Å². The van der Waals surface area contributed by atoms with Crippen LogP contribution in [0.2, 0.25) is 0 Å². The molecule has 0 saturated heterocycles. The van der Waals surface area contributed by atoms with Crippen LogP contribution < -0.4 is 0 Å². The molecule has 0 heteroatoms. The van der Waals surface area contributed by atoms with Crippen molar-refractivity contribution in [3.8, 4) is 0 Å². The van der Waals surface area contributed by atoms with E-state index in [2.05, 4.69) is 169 Å². The number of hydrogen-bond donors (Lipinski definition) is 0. The summed E-state index contributed by atoms with van der Waals surface area (Å²) in [6.45, 7) is 13.4. The Morgan fingerprint density at radius 1 is 0.333 bits per heavy atom. The van der Waals surface area contributed by atoms with Gasteiger partial charge in [-0.3, -0.25) is 0 Å². The van der Waals surface area contributed by atoms with Crippen molar-refractivity contribution in [3.05, 3.63) is 144 Å². The molecule has 6 aromatic carbocycles. The molecule has 0 aliphatic heterocycles. The van der Waals surface area contributed by atoms with Crippen LogP contribution in [0.15, 0.2) is 127 Å². The van der Waals surface area contributed by atoms with Crippen molar-refractivity contribution in [2.75, 3.05) is 0 Å². The summed E-state index contributed by atoms with van der Waals surface area (Å²) in [6, 6.07) is 45.4. The Bertz CT molecular complexity index is 1540. The zero-order valence-corrected chi connectivity index (χ0v) is 24.4. The molecule has 0 aliphatic carbocycles. The molecular formula is C39H42. The van der Waals surface area contributed by atoms with E-state index < -0.39 is 0 Å². The van der Waals surface area contributed by atoms with Gasteiger partial charge in [-0.15, -0.1) is 0 Å². The second-order valence-corrected chi connectivity index (χ2v) is 11.2. The molecule has 0 atom stereocenters. The molecular weight excluding hydrogens is 468 g/mol. The van der Waals surface area contributed by atoms with Crippen molar-refractivity contribution >= 4 is 32.3 Å². The second-order valence-electron chi connectivity index (χ2n) is 11.2. The van der Waals surface area contributed by atoms with Crippen LogP contribution in [0.4, 0.5) is 0 Å². The maximum Gasteiger partial charge on any atom is -0.0149 e. The van der Waals surface area contributed by atoms with Gasteiger partial charge in [-0.25, -0.2) is 0 Å². The average molecular weight is 511 g/mol. The summed E-state index contributed by atoms with van der Waals surface area (Å²) in [5.74, 6) is 1.83. The van der Waals surface area contributed by atoms with E-state index in [-0.39, 0.29) is 0 Å². The maximum atomic E-state index is 2.28. The summed E-state index contributed by atoms with van der Waals surface area (Å²) in [6.07, 6.45) is 0. The van der Waals surface area contributed by atoms with Crippen LogP contribution in [0.3, 0.4) is 0 Å². The summed E-state index contributed by atoms with van der Waals surface area (Å²) in [7, 11) is 0. The SMILES string of the molecule is CC(C)c1ccc2ccccc2c1.CC(C)c1ccc2ccccc2c1.CC(C)c1cccc2ccccc12. The quantitative estimate of drug-likeness (QED) is 0.222. The lowest BCUT2D eigenvalue weighted by molar-refractivity contribution is 0.869. The van der Waals surface area contributed by atoms with Gasteiger partial charge in [0.15, 0.2) is 0 Å². The van der Waals surface area contributed by atoms with Gasteiger partial charge < -0.3 is 0 Å². The highest BCUT2D eigenvalue weighted by molar-refractivity contribution is 5.86. The van der Waals surface area contributed by atoms with Crippen molar-refractivity contribution in [3.63, 3.8) is 0 Å². The minimum atomic E-state index is 0.603. The van der Waals surface area contributed by atoms with Gasteiger partial charge in [0, 0.05) is 0 Å². The third kappa shape index (κ3) is 7.36. The Balaban J connectivity index is 0.000000136. The number of rotatable bonds is 3. The monoisotopic (exact) mass is 510 g/mol. The number of hydrogen-bond acceptors (Lipinski definition) is 0. The molecule has 0 N–H and O–H groups in total. The van der Waals surface area contributed by atoms with Gasteiger partial charge in [-0.1, -0.05) is 169 Å². The molecule has 0 aliphatic rings. The predicted molar refractivity (Wildman–Crippen MR) is 174 cm³/mol. The predicted octanol–water partition coefficient (Wildman–Crippen LogP) is 11.9. The maximum absolute atomic E-state index is 2.28. The van der Waals surface area contributed by atoms with Gasteiger partial charge in [0.25, 0.3) is 0 Å². The van der Waals surface area contributed by atoms with E-state index in [9.17, 15) is 0 Å². The minimum absolute atomic E-state index is 0.603. The fraction of sp³-hybridized carbons (Fsp3) is 0.231. The van der Waals surface area contributed by atoms with Gasteiger partial charge in [-0.05, 0) is 66.8 Å². The molecule has 0 aromatic heterocycles. The Hall–Kier alpha value is -3.90. The normalized spacial score (nSPS) is 11.0. The fourth-order valence-electron chi connectivity index (χ4n) is 4.89. The van der Waals surface area contributed by atoms with Gasteiger partial charge in [0.1, 0.15) is 0 Å². The van der Waals surface area contributed by atoms with Crippen LogP contribution in [-0.2, 0) is 0 Å². The minimum Gasteiger partial charge on any atom is -0.0616 e. The lowest BCUT2D eigenvalue weighted by Gasteiger charge is -2.08. The van der Waals surface area contributed by atoms with E-state index in [1.807, 2.05) is 0 Å². The molecule has 0 bridgehead atoms. The van der Waals surface area contributed by atoms with E-state index in [0.717, 1.165) is 0 Å². The first-order valence-electron chi connectivity index (χ1n) is 14.3. The first-order valence-corrected chi connectivity index (χ1v) is 14.3. The Labute approximate surface area is 235 Å². The summed E-state index contributed by atoms with van der Waals surface area (Å²) < 4.78 is 0. The highest BCUT2D eigenvalue weighted by Crippen LogP contribution is 2.25. The van der Waals surface area contributed by atoms with E-state index in [4.69, 9.17) is 0 Å². The third-order valence-corrected chi connectivity index (χ3v) is 7.33. The van der Waals surface area contributed by atoms with E-state index in [1.54, 1.807) is 0 Å². The standard InChI is InChI=1S/3C13H14/c1-10(2)12-9-5-7-11-6-3-4-8-13(11)12;2*1-10(2)12-8-7-11-5-3-4-6-13(11)9-12/h3*3-10H,1-2H3. The second kappa shape index (κ2) is 13.3. The summed E-state index contributed by atoms with van der Waals surface area (Å²) in [4.78, 5) is 0. The zero-order chi connectivity index (χ0) is 27.8. The molecule has 0 nitrogen and oxygen atoms in total. The molecule has 0 heterocycles. The molecule has 0 unspecified atom stereocenters. The Morgan fingerprint density at radius 2 is 0.744 bits per heavy atom. The topological polar surface area (TPSA) is 0 Å². The molecule has 0 spiro atoms. The van der Waals surface area contributed by atoms with Crippen molar-refractivity contribution in [1.82, 2.24) is 0 Å². The van der Waals surface area contributed by atoms with Crippen LogP contribution in [0.1, 0.15) is 76.0 Å². The van der Waals surface area contributed by atoms with Gasteiger partial charge in [0.05, 0.1) is 0 Å². The molecule has 198 valence electrons. The zero-order valence-electron chi connectivity index (χ0n) is 24.4. The first kappa shape index (κ1) is 28.1. The van der Waals surface area contributed by atoms with Gasteiger partial charge in [0.2, 0.25) is 0 Å². The summed E-state index contributed by atoms with van der Waals surface area (Å²) in [5, 5.41) is 8.06.